The molecule has 2 rings (SSSR count). The van der Waals surface area contributed by atoms with Crippen molar-refractivity contribution in [2.24, 2.45) is 0 Å². The van der Waals surface area contributed by atoms with Crippen molar-refractivity contribution >= 4 is 38.7 Å². The zero-order chi connectivity index (χ0) is 14.8. The smallest absolute Gasteiger partial charge is 0.294 e. The van der Waals surface area contributed by atoms with Crippen molar-refractivity contribution in [3.8, 4) is 5.75 Å². The molecule has 0 saturated carbocycles. The van der Waals surface area contributed by atoms with Gasteiger partial charge in [0.25, 0.3) is 10.1 Å². The Morgan fingerprint density at radius 2 is 2.25 bits per heavy atom. The van der Waals surface area contributed by atoms with E-state index in [0.717, 1.165) is 4.88 Å². The number of methoxy groups -OCH3 is 1. The van der Waals surface area contributed by atoms with Gasteiger partial charge < -0.3 is 10.1 Å². The highest BCUT2D eigenvalue weighted by atomic mass is 35.5. The first-order valence-electron chi connectivity index (χ1n) is 5.40. The molecule has 1 aromatic heterocycles. The molecule has 1 aromatic carbocycles. The number of hydrogen-bond acceptors (Lipinski definition) is 6. The van der Waals surface area contributed by atoms with Gasteiger partial charge in [-0.05, 0) is 18.2 Å². The van der Waals surface area contributed by atoms with E-state index in [0.29, 0.717) is 22.4 Å². The summed E-state index contributed by atoms with van der Waals surface area (Å²) in [7, 11) is -2.79. The van der Waals surface area contributed by atoms with Crippen LogP contribution in [0, 0.1) is 0 Å². The molecule has 0 bridgehead atoms. The summed E-state index contributed by atoms with van der Waals surface area (Å²) in [5.41, 5.74) is 0.451. The molecule has 6 nitrogen and oxygen atoms in total. The largest absolute Gasteiger partial charge is 0.495 e. The third-order valence-corrected chi connectivity index (χ3v) is 4.41. The van der Waals surface area contributed by atoms with Crippen molar-refractivity contribution < 1.29 is 17.7 Å². The Morgan fingerprint density at radius 3 is 2.80 bits per heavy atom. The molecule has 0 aliphatic heterocycles. The highest BCUT2D eigenvalue weighted by molar-refractivity contribution is 7.85. The second-order valence-electron chi connectivity index (χ2n) is 3.77. The highest BCUT2D eigenvalue weighted by Gasteiger charge is 2.13. The number of anilines is 1. The summed E-state index contributed by atoms with van der Waals surface area (Å²) in [5.74, 6) is 0.466. The molecule has 9 heteroatoms. The van der Waals surface area contributed by atoms with Crippen molar-refractivity contribution in [3.05, 3.63) is 33.7 Å². The summed E-state index contributed by atoms with van der Waals surface area (Å²) < 4.78 is 36.9. The number of thiazole rings is 1. The third kappa shape index (κ3) is 3.60. The molecule has 0 aliphatic rings. The van der Waals surface area contributed by atoms with Crippen LogP contribution in [0.2, 0.25) is 4.47 Å². The molecule has 2 aromatic rings. The predicted octanol–water partition coefficient (Wildman–Crippen LogP) is 2.66. The maximum Gasteiger partial charge on any atom is 0.294 e. The minimum Gasteiger partial charge on any atom is -0.495 e. The lowest BCUT2D eigenvalue weighted by Gasteiger charge is -2.11. The average Bonchev–Trinajstić information content (AvgIpc) is 2.80. The predicted molar refractivity (Wildman–Crippen MR) is 77.3 cm³/mol. The fourth-order valence-corrected chi connectivity index (χ4v) is 2.96. The quantitative estimate of drug-likeness (QED) is 0.817. The van der Waals surface area contributed by atoms with Crippen LogP contribution in [0.3, 0.4) is 0 Å². The second kappa shape index (κ2) is 5.96. The minimum atomic E-state index is -4.26. The van der Waals surface area contributed by atoms with Crippen LogP contribution in [-0.4, -0.2) is 25.1 Å². The summed E-state index contributed by atoms with van der Waals surface area (Å²) in [6.45, 7) is 0.412. The van der Waals surface area contributed by atoms with Crippen molar-refractivity contribution in [3.63, 3.8) is 0 Å². The molecule has 0 spiro atoms. The fraction of sp³-hybridized carbons (Fsp3) is 0.182. The summed E-state index contributed by atoms with van der Waals surface area (Å²) in [4.78, 5) is 4.58. The monoisotopic (exact) mass is 334 g/mol. The van der Waals surface area contributed by atoms with Gasteiger partial charge >= 0.3 is 0 Å². The second-order valence-corrected chi connectivity index (χ2v) is 6.89. The number of benzene rings is 1. The molecule has 0 fully saturated rings. The Morgan fingerprint density at radius 1 is 1.50 bits per heavy atom. The first kappa shape index (κ1) is 15.0. The van der Waals surface area contributed by atoms with Gasteiger partial charge in [0.1, 0.15) is 5.75 Å². The Labute approximate surface area is 125 Å². The van der Waals surface area contributed by atoms with Gasteiger partial charge in [-0.3, -0.25) is 4.55 Å². The molecule has 0 amide bonds. The van der Waals surface area contributed by atoms with Crippen LogP contribution in [0.4, 0.5) is 5.69 Å². The van der Waals surface area contributed by atoms with E-state index >= 15 is 0 Å². The summed E-state index contributed by atoms with van der Waals surface area (Å²) in [5, 5.41) is 3.02. The van der Waals surface area contributed by atoms with Gasteiger partial charge in [0.2, 0.25) is 0 Å². The molecule has 0 aliphatic carbocycles. The summed E-state index contributed by atoms with van der Waals surface area (Å²) in [6.07, 6.45) is 1.62. The number of hydrogen-bond donors (Lipinski definition) is 2. The number of nitrogens with one attached hydrogen (secondary N) is 1. The highest BCUT2D eigenvalue weighted by Crippen LogP contribution is 2.28. The Hall–Kier alpha value is -1.35. The lowest BCUT2D eigenvalue weighted by molar-refractivity contribution is 0.416. The average molecular weight is 335 g/mol. The Balaban J connectivity index is 2.24. The Kier molecular flexibility index (Phi) is 4.48. The number of nitrogens with zero attached hydrogens (tertiary/aromatic N) is 1. The number of rotatable bonds is 5. The lowest BCUT2D eigenvalue weighted by Crippen LogP contribution is -2.03. The standard InChI is InChI=1S/C11H11ClN2O4S2/c1-18-10-3-2-8(20(15,16)17)4-9(10)13-5-7-6-14-11(12)19-7/h2-4,6,13H,5H2,1H3,(H,15,16,17). The van der Waals surface area contributed by atoms with Crippen LogP contribution < -0.4 is 10.1 Å². The van der Waals surface area contributed by atoms with E-state index in [9.17, 15) is 8.42 Å². The zero-order valence-electron chi connectivity index (χ0n) is 10.3. The van der Waals surface area contributed by atoms with Gasteiger partial charge in [-0.15, -0.1) is 11.3 Å². The maximum absolute atomic E-state index is 11.1. The number of ether oxygens (including phenoxy) is 1. The fourth-order valence-electron chi connectivity index (χ4n) is 1.53. The molecule has 0 saturated heterocycles. The van der Waals surface area contributed by atoms with E-state index in [2.05, 4.69) is 10.3 Å². The SMILES string of the molecule is COc1ccc(S(=O)(=O)O)cc1NCc1cnc(Cl)s1. The van der Waals surface area contributed by atoms with Crippen LogP contribution in [0.25, 0.3) is 0 Å². The lowest BCUT2D eigenvalue weighted by atomic mass is 10.3. The van der Waals surface area contributed by atoms with E-state index in [-0.39, 0.29) is 4.90 Å². The first-order chi connectivity index (χ1) is 9.40. The van der Waals surface area contributed by atoms with E-state index < -0.39 is 10.1 Å². The molecular weight excluding hydrogens is 324 g/mol. The molecular formula is C11H11ClN2O4S2. The Bertz CT molecular complexity index is 715. The van der Waals surface area contributed by atoms with Gasteiger partial charge in [0.15, 0.2) is 4.47 Å². The first-order valence-corrected chi connectivity index (χ1v) is 8.03. The zero-order valence-corrected chi connectivity index (χ0v) is 12.7. The third-order valence-electron chi connectivity index (χ3n) is 2.45. The number of halogens is 1. The van der Waals surface area contributed by atoms with E-state index in [4.69, 9.17) is 20.9 Å². The van der Waals surface area contributed by atoms with Crippen molar-refractivity contribution in [1.82, 2.24) is 4.98 Å². The molecule has 0 unspecified atom stereocenters. The summed E-state index contributed by atoms with van der Waals surface area (Å²) >= 11 is 7.04. The maximum atomic E-state index is 11.1. The molecule has 2 N–H and O–H groups in total. The molecule has 20 heavy (non-hydrogen) atoms. The minimum absolute atomic E-state index is 0.205. The molecule has 0 atom stereocenters. The van der Waals surface area contributed by atoms with Crippen LogP contribution >= 0.6 is 22.9 Å². The van der Waals surface area contributed by atoms with Crippen molar-refractivity contribution in [2.75, 3.05) is 12.4 Å². The topological polar surface area (TPSA) is 88.5 Å². The van der Waals surface area contributed by atoms with E-state index in [1.807, 2.05) is 0 Å². The molecule has 108 valence electrons. The van der Waals surface area contributed by atoms with Crippen LogP contribution in [0.1, 0.15) is 4.88 Å². The van der Waals surface area contributed by atoms with Crippen LogP contribution in [0.15, 0.2) is 29.3 Å². The van der Waals surface area contributed by atoms with Gasteiger partial charge in [-0.2, -0.15) is 8.42 Å². The molecule has 0 radical (unpaired) electrons. The molecule has 1 heterocycles. The van der Waals surface area contributed by atoms with Crippen molar-refractivity contribution in [1.29, 1.82) is 0 Å². The van der Waals surface area contributed by atoms with Gasteiger partial charge in [0, 0.05) is 11.1 Å². The van der Waals surface area contributed by atoms with Gasteiger partial charge in [-0.1, -0.05) is 11.6 Å². The van der Waals surface area contributed by atoms with Crippen LogP contribution in [-0.2, 0) is 16.7 Å². The van der Waals surface area contributed by atoms with Gasteiger partial charge in [-0.25, -0.2) is 4.98 Å². The van der Waals surface area contributed by atoms with E-state index in [1.54, 1.807) is 6.20 Å². The normalized spacial score (nSPS) is 11.3. The van der Waals surface area contributed by atoms with E-state index in [1.165, 1.54) is 36.6 Å². The van der Waals surface area contributed by atoms with Gasteiger partial charge in [0.05, 0.1) is 24.2 Å². The number of aromatic nitrogens is 1. The van der Waals surface area contributed by atoms with Crippen molar-refractivity contribution in [2.45, 2.75) is 11.4 Å². The summed E-state index contributed by atoms with van der Waals surface area (Å²) in [6, 6.07) is 4.03. The van der Waals surface area contributed by atoms with Crippen LogP contribution in [0.5, 0.6) is 5.75 Å².